The number of carbonyl (C=O) groups is 4. The minimum atomic E-state index is -1.89. The monoisotopic (exact) mass is 416 g/mol. The minimum absolute atomic E-state index is 0.130. The van der Waals surface area contributed by atoms with E-state index in [-0.39, 0.29) is 28.4 Å². The fourth-order valence-corrected chi connectivity index (χ4v) is 4.08. The van der Waals surface area contributed by atoms with Crippen molar-refractivity contribution in [3.05, 3.63) is 64.4 Å². The number of benzene rings is 2. The van der Waals surface area contributed by atoms with Gasteiger partial charge in [-0.25, -0.2) is 4.39 Å². The van der Waals surface area contributed by atoms with E-state index in [2.05, 4.69) is 0 Å². The summed E-state index contributed by atoms with van der Waals surface area (Å²) in [5, 5.41) is 9.41. The van der Waals surface area contributed by atoms with Crippen molar-refractivity contribution in [2.45, 2.75) is 18.4 Å². The van der Waals surface area contributed by atoms with E-state index in [1.807, 2.05) is 0 Å². The molecule has 1 spiro atoms. The quantitative estimate of drug-likeness (QED) is 0.608. The van der Waals surface area contributed by atoms with E-state index >= 15 is 0 Å². The Morgan fingerprint density at radius 1 is 1.10 bits per heavy atom. The largest absolute Gasteiger partial charge is 0.480 e. The van der Waals surface area contributed by atoms with Crippen LogP contribution in [0.4, 0.5) is 10.1 Å². The number of likely N-dealkylation sites (tertiary alicyclic amines) is 1. The first-order valence-corrected chi connectivity index (χ1v) is 9.05. The summed E-state index contributed by atoms with van der Waals surface area (Å²) in [5.41, 5.74) is -1.36. The summed E-state index contributed by atoms with van der Waals surface area (Å²) in [7, 11) is 0. The number of fused-ring (bicyclic) bond motifs is 2. The molecule has 7 nitrogen and oxygen atoms in total. The first kappa shape index (κ1) is 19.1. The van der Waals surface area contributed by atoms with Gasteiger partial charge in [0.25, 0.3) is 0 Å². The lowest BCUT2D eigenvalue weighted by Gasteiger charge is -2.22. The van der Waals surface area contributed by atoms with Crippen LogP contribution in [-0.2, 0) is 31.1 Å². The lowest BCUT2D eigenvalue weighted by atomic mass is 9.80. The van der Waals surface area contributed by atoms with Gasteiger partial charge in [0, 0.05) is 21.8 Å². The maximum Gasteiger partial charge on any atom is 0.323 e. The molecular weight excluding hydrogens is 403 g/mol. The standard InChI is InChI=1S/C20H14ClFN2O5/c21-12-5-6-15-13(7-12)20(18(28)23(15)10-17(26)27)8-16(25)24(19(20)29)9-11-3-1-2-4-14(11)22/h1-7H,8-10H2,(H,26,27)/t20-/m0/s1. The third-order valence-corrected chi connectivity index (χ3v) is 5.46. The molecule has 3 amide bonds. The van der Waals surface area contributed by atoms with Crippen LogP contribution in [0.1, 0.15) is 17.5 Å². The molecule has 148 valence electrons. The fourth-order valence-electron chi connectivity index (χ4n) is 3.91. The van der Waals surface area contributed by atoms with Gasteiger partial charge in [0.15, 0.2) is 5.41 Å². The SMILES string of the molecule is O=C(O)CN1C(=O)[C@]2(CC(=O)N(Cc3ccccc3F)C2=O)c2cc(Cl)ccc21. The topological polar surface area (TPSA) is 95.0 Å². The van der Waals surface area contributed by atoms with Crippen LogP contribution in [0, 0.1) is 5.82 Å². The lowest BCUT2D eigenvalue weighted by molar-refractivity contribution is -0.143. The van der Waals surface area contributed by atoms with E-state index in [1.54, 1.807) is 6.07 Å². The van der Waals surface area contributed by atoms with Crippen LogP contribution in [0.25, 0.3) is 0 Å². The number of rotatable bonds is 4. The molecular formula is C20H14ClFN2O5. The Bertz CT molecular complexity index is 1090. The second-order valence-corrected chi connectivity index (χ2v) is 7.34. The zero-order chi connectivity index (χ0) is 20.9. The van der Waals surface area contributed by atoms with E-state index in [9.17, 15) is 28.7 Å². The van der Waals surface area contributed by atoms with Crippen LogP contribution in [0.5, 0.6) is 0 Å². The second kappa shape index (κ2) is 6.66. The van der Waals surface area contributed by atoms with Crippen LogP contribution in [0.15, 0.2) is 42.5 Å². The molecule has 29 heavy (non-hydrogen) atoms. The van der Waals surface area contributed by atoms with Crippen molar-refractivity contribution in [1.82, 2.24) is 4.90 Å². The molecule has 2 heterocycles. The number of halogens is 2. The molecule has 0 aliphatic carbocycles. The van der Waals surface area contributed by atoms with Crippen molar-refractivity contribution in [2.24, 2.45) is 0 Å². The molecule has 1 N–H and O–H groups in total. The molecule has 0 unspecified atom stereocenters. The predicted molar refractivity (Wildman–Crippen MR) is 99.7 cm³/mol. The van der Waals surface area contributed by atoms with Gasteiger partial charge >= 0.3 is 5.97 Å². The summed E-state index contributed by atoms with van der Waals surface area (Å²) < 4.78 is 14.0. The molecule has 1 atom stereocenters. The Morgan fingerprint density at radius 3 is 2.48 bits per heavy atom. The van der Waals surface area contributed by atoms with Crippen LogP contribution in [-0.4, -0.2) is 40.2 Å². The molecule has 2 aliphatic heterocycles. The highest BCUT2D eigenvalue weighted by molar-refractivity contribution is 6.32. The minimum Gasteiger partial charge on any atom is -0.480 e. The Morgan fingerprint density at radius 2 is 1.79 bits per heavy atom. The van der Waals surface area contributed by atoms with Crippen molar-refractivity contribution in [2.75, 3.05) is 11.4 Å². The summed E-state index contributed by atoms with van der Waals surface area (Å²) in [4.78, 5) is 52.3. The van der Waals surface area contributed by atoms with Crippen LogP contribution in [0.2, 0.25) is 5.02 Å². The van der Waals surface area contributed by atoms with Crippen molar-refractivity contribution < 1.29 is 28.7 Å². The highest BCUT2D eigenvalue weighted by Crippen LogP contribution is 2.49. The third-order valence-electron chi connectivity index (χ3n) is 5.23. The first-order chi connectivity index (χ1) is 13.8. The smallest absolute Gasteiger partial charge is 0.323 e. The van der Waals surface area contributed by atoms with E-state index in [1.165, 1.54) is 36.4 Å². The maximum atomic E-state index is 14.0. The molecule has 0 bridgehead atoms. The molecule has 2 aromatic rings. The molecule has 9 heteroatoms. The third kappa shape index (κ3) is 2.79. The Labute approximate surface area is 169 Å². The van der Waals surface area contributed by atoms with Crippen molar-refractivity contribution >= 4 is 41.0 Å². The van der Waals surface area contributed by atoms with E-state index in [4.69, 9.17) is 11.6 Å². The fraction of sp³-hybridized carbons (Fsp3) is 0.200. The number of nitrogens with zero attached hydrogens (tertiary/aromatic N) is 2. The number of hydrogen-bond donors (Lipinski definition) is 1. The number of carbonyl (C=O) groups excluding carboxylic acids is 3. The van der Waals surface area contributed by atoms with Crippen LogP contribution in [0.3, 0.4) is 0 Å². The highest BCUT2D eigenvalue weighted by Gasteiger charge is 2.63. The summed E-state index contributed by atoms with van der Waals surface area (Å²) in [5.74, 6) is -4.10. The highest BCUT2D eigenvalue weighted by atomic mass is 35.5. The van der Waals surface area contributed by atoms with Gasteiger partial charge in [-0.3, -0.25) is 29.0 Å². The van der Waals surface area contributed by atoms with Gasteiger partial charge in [0.2, 0.25) is 17.7 Å². The Kier molecular flexibility index (Phi) is 4.38. The van der Waals surface area contributed by atoms with Crippen molar-refractivity contribution in [3.63, 3.8) is 0 Å². The number of imide groups is 1. The van der Waals surface area contributed by atoms with E-state index < -0.39 is 47.9 Å². The summed E-state index contributed by atoms with van der Waals surface area (Å²) in [6.45, 7) is -0.988. The van der Waals surface area contributed by atoms with E-state index in [0.717, 1.165) is 9.80 Å². The predicted octanol–water partition coefficient (Wildman–Crippen LogP) is 2.11. The van der Waals surface area contributed by atoms with Gasteiger partial charge in [-0.1, -0.05) is 29.8 Å². The average Bonchev–Trinajstić information content (AvgIpc) is 3.04. The number of aliphatic carboxylic acids is 1. The zero-order valence-corrected chi connectivity index (χ0v) is 15.6. The Balaban J connectivity index is 1.80. The van der Waals surface area contributed by atoms with Gasteiger partial charge in [0.1, 0.15) is 12.4 Å². The summed E-state index contributed by atoms with van der Waals surface area (Å²) in [6.07, 6.45) is -0.470. The average molecular weight is 417 g/mol. The van der Waals surface area contributed by atoms with Gasteiger partial charge in [-0.05, 0) is 24.3 Å². The van der Waals surface area contributed by atoms with Gasteiger partial charge in [0.05, 0.1) is 13.0 Å². The molecule has 4 rings (SSSR count). The van der Waals surface area contributed by atoms with E-state index in [0.29, 0.717) is 0 Å². The second-order valence-electron chi connectivity index (χ2n) is 6.91. The van der Waals surface area contributed by atoms with Crippen LogP contribution >= 0.6 is 11.6 Å². The molecule has 0 radical (unpaired) electrons. The molecule has 2 aliphatic rings. The molecule has 2 aromatic carbocycles. The maximum absolute atomic E-state index is 14.0. The lowest BCUT2D eigenvalue weighted by Crippen LogP contribution is -2.47. The molecule has 0 aromatic heterocycles. The van der Waals surface area contributed by atoms with Gasteiger partial charge in [-0.15, -0.1) is 0 Å². The number of carboxylic acid groups (broad SMARTS) is 1. The molecule has 0 saturated carbocycles. The van der Waals surface area contributed by atoms with Crippen LogP contribution < -0.4 is 4.90 Å². The first-order valence-electron chi connectivity index (χ1n) is 8.67. The van der Waals surface area contributed by atoms with Gasteiger partial charge in [-0.2, -0.15) is 0 Å². The number of hydrogen-bond acceptors (Lipinski definition) is 4. The van der Waals surface area contributed by atoms with Gasteiger partial charge < -0.3 is 5.11 Å². The number of amides is 3. The molecule has 1 saturated heterocycles. The Hall–Kier alpha value is -3.26. The van der Waals surface area contributed by atoms with Crippen molar-refractivity contribution in [1.29, 1.82) is 0 Å². The summed E-state index contributed by atoms with van der Waals surface area (Å²) in [6, 6.07) is 10.0. The zero-order valence-electron chi connectivity index (χ0n) is 14.9. The normalized spacial score (nSPS) is 20.7. The van der Waals surface area contributed by atoms with Crippen molar-refractivity contribution in [3.8, 4) is 0 Å². The number of anilines is 1. The summed E-state index contributed by atoms with van der Waals surface area (Å²) >= 11 is 6.05. The molecule has 1 fully saturated rings. The number of carboxylic acids is 1.